The number of alkyl halides is 3. The highest BCUT2D eigenvalue weighted by atomic mass is 127. The van der Waals surface area contributed by atoms with Gasteiger partial charge in [0.1, 0.15) is 11.9 Å². The van der Waals surface area contributed by atoms with Crippen LogP contribution in [0.5, 0.6) is 0 Å². The minimum Gasteiger partial charge on any atom is -0.467 e. The van der Waals surface area contributed by atoms with E-state index in [1.165, 1.54) is 11.2 Å². The Labute approximate surface area is 161 Å². The van der Waals surface area contributed by atoms with Crippen molar-refractivity contribution in [3.63, 3.8) is 0 Å². The van der Waals surface area contributed by atoms with E-state index >= 15 is 0 Å². The number of nitrogens with one attached hydrogen (secondary N) is 2. The van der Waals surface area contributed by atoms with Gasteiger partial charge in [-0.25, -0.2) is 0 Å². The van der Waals surface area contributed by atoms with Gasteiger partial charge in [-0.15, -0.1) is 24.0 Å². The first-order valence-electron chi connectivity index (χ1n) is 7.93. The minimum absolute atomic E-state index is 0. The third kappa shape index (κ3) is 7.82. The number of aliphatic hydroxyl groups excluding tert-OH is 1. The zero-order chi connectivity index (χ0) is 17.6. The molecule has 10 heteroatoms. The maximum Gasteiger partial charge on any atom is 0.401 e. The van der Waals surface area contributed by atoms with Crippen LogP contribution in [0.4, 0.5) is 13.2 Å². The maximum absolute atomic E-state index is 12.4. The van der Waals surface area contributed by atoms with Crippen molar-refractivity contribution in [3.8, 4) is 0 Å². The molecule has 2 heterocycles. The lowest BCUT2D eigenvalue weighted by molar-refractivity contribution is -0.143. The molecule has 2 atom stereocenters. The Bertz CT molecular complexity index is 525. The molecular formula is C15H24F3IN4O2. The lowest BCUT2D eigenvalue weighted by Gasteiger charge is -2.20. The standard InChI is InChI=1S/C15H23F3N4O2.HI/c1-2-19-14(20-8-12(23)13-4-3-7-24-13)21-11-5-6-22(9-11)10-15(16,17)18;/h3-4,7,11-12,23H,2,5-6,8-10H2,1H3,(H2,19,20,21);1H. The van der Waals surface area contributed by atoms with E-state index < -0.39 is 18.8 Å². The topological polar surface area (TPSA) is 73.0 Å². The molecule has 1 aliphatic heterocycles. The fraction of sp³-hybridized carbons (Fsp3) is 0.667. The lowest BCUT2D eigenvalue weighted by Crippen LogP contribution is -2.45. The van der Waals surface area contributed by atoms with Crippen LogP contribution in [0.3, 0.4) is 0 Å². The molecule has 1 aromatic heterocycles. The van der Waals surface area contributed by atoms with E-state index in [4.69, 9.17) is 4.42 Å². The van der Waals surface area contributed by atoms with Crippen molar-refractivity contribution >= 4 is 29.9 Å². The normalized spacial score (nSPS) is 20.2. The molecule has 1 aromatic rings. The summed E-state index contributed by atoms with van der Waals surface area (Å²) in [5.41, 5.74) is 0. The monoisotopic (exact) mass is 476 g/mol. The Morgan fingerprint density at radius 3 is 2.88 bits per heavy atom. The third-order valence-electron chi connectivity index (χ3n) is 3.65. The summed E-state index contributed by atoms with van der Waals surface area (Å²) in [6.45, 7) is 2.42. The Morgan fingerprint density at radius 1 is 1.52 bits per heavy atom. The van der Waals surface area contributed by atoms with Crippen LogP contribution in [0.15, 0.2) is 27.8 Å². The van der Waals surface area contributed by atoms with Gasteiger partial charge in [-0.05, 0) is 25.5 Å². The Hall–Kier alpha value is -1.01. The fourth-order valence-electron chi connectivity index (χ4n) is 2.61. The summed E-state index contributed by atoms with van der Waals surface area (Å²) in [7, 11) is 0. The van der Waals surface area contributed by atoms with Crippen molar-refractivity contribution in [3.05, 3.63) is 24.2 Å². The van der Waals surface area contributed by atoms with Crippen molar-refractivity contribution in [2.75, 3.05) is 32.7 Å². The van der Waals surface area contributed by atoms with Crippen molar-refractivity contribution in [2.45, 2.75) is 31.7 Å². The lowest BCUT2D eigenvalue weighted by atomic mass is 10.2. The van der Waals surface area contributed by atoms with E-state index in [1.54, 1.807) is 12.1 Å². The SMILES string of the molecule is CCNC(=NCC(O)c1ccco1)NC1CCN(CC(F)(F)F)C1.I. The number of hydrogen-bond acceptors (Lipinski definition) is 4. The van der Waals surface area contributed by atoms with Crippen LogP contribution >= 0.6 is 24.0 Å². The van der Waals surface area contributed by atoms with Crippen LogP contribution in [0.1, 0.15) is 25.2 Å². The smallest absolute Gasteiger partial charge is 0.401 e. The summed E-state index contributed by atoms with van der Waals surface area (Å²) in [6.07, 6.45) is -2.96. The predicted molar refractivity (Wildman–Crippen MR) is 99.1 cm³/mol. The first-order valence-corrected chi connectivity index (χ1v) is 7.93. The molecule has 2 rings (SSSR count). The Balaban J connectivity index is 0.00000312. The fourth-order valence-corrected chi connectivity index (χ4v) is 2.61. The summed E-state index contributed by atoms with van der Waals surface area (Å²) < 4.78 is 42.4. The van der Waals surface area contributed by atoms with Crippen LogP contribution in [-0.4, -0.2) is 60.9 Å². The predicted octanol–water partition coefficient (Wildman–Crippen LogP) is 2.12. The van der Waals surface area contributed by atoms with Crippen molar-refractivity contribution < 1.29 is 22.7 Å². The highest BCUT2D eigenvalue weighted by molar-refractivity contribution is 14.0. The molecular weight excluding hydrogens is 452 g/mol. The van der Waals surface area contributed by atoms with Gasteiger partial charge < -0.3 is 20.2 Å². The van der Waals surface area contributed by atoms with E-state index in [0.29, 0.717) is 37.8 Å². The highest BCUT2D eigenvalue weighted by Crippen LogP contribution is 2.20. The first kappa shape index (κ1) is 22.0. The molecule has 25 heavy (non-hydrogen) atoms. The van der Waals surface area contributed by atoms with Gasteiger partial charge >= 0.3 is 6.18 Å². The molecule has 0 spiro atoms. The van der Waals surface area contributed by atoms with Gasteiger partial charge in [0.15, 0.2) is 5.96 Å². The first-order chi connectivity index (χ1) is 11.4. The van der Waals surface area contributed by atoms with Gasteiger partial charge in [-0.1, -0.05) is 0 Å². The number of rotatable bonds is 6. The van der Waals surface area contributed by atoms with Crippen LogP contribution in [0.2, 0.25) is 0 Å². The summed E-state index contributed by atoms with van der Waals surface area (Å²) in [5, 5.41) is 16.1. The third-order valence-corrected chi connectivity index (χ3v) is 3.65. The molecule has 3 N–H and O–H groups in total. The van der Waals surface area contributed by atoms with Gasteiger partial charge in [0, 0.05) is 25.7 Å². The van der Waals surface area contributed by atoms with Crippen LogP contribution < -0.4 is 10.6 Å². The summed E-state index contributed by atoms with van der Waals surface area (Å²) in [4.78, 5) is 5.65. The number of likely N-dealkylation sites (tertiary alicyclic amines) is 1. The average Bonchev–Trinajstić information content (AvgIpc) is 3.15. The van der Waals surface area contributed by atoms with E-state index in [9.17, 15) is 18.3 Å². The van der Waals surface area contributed by atoms with Crippen LogP contribution in [0.25, 0.3) is 0 Å². The molecule has 1 fully saturated rings. The number of hydrogen-bond donors (Lipinski definition) is 3. The number of guanidine groups is 1. The molecule has 0 bridgehead atoms. The van der Waals surface area contributed by atoms with E-state index in [0.717, 1.165) is 0 Å². The quantitative estimate of drug-likeness (QED) is 0.334. The van der Waals surface area contributed by atoms with Gasteiger partial charge in [0.2, 0.25) is 0 Å². The zero-order valence-electron chi connectivity index (χ0n) is 13.9. The van der Waals surface area contributed by atoms with Crippen molar-refractivity contribution in [2.24, 2.45) is 4.99 Å². The number of nitrogens with zero attached hydrogens (tertiary/aromatic N) is 2. The molecule has 6 nitrogen and oxygen atoms in total. The Morgan fingerprint density at radius 2 is 2.28 bits per heavy atom. The summed E-state index contributed by atoms with van der Waals surface area (Å²) in [5.74, 6) is 0.897. The number of aliphatic hydroxyl groups is 1. The molecule has 0 amide bonds. The van der Waals surface area contributed by atoms with E-state index in [-0.39, 0.29) is 36.6 Å². The molecule has 0 aromatic carbocycles. The molecule has 0 saturated carbocycles. The van der Waals surface area contributed by atoms with Gasteiger partial charge in [0.25, 0.3) is 0 Å². The molecule has 2 unspecified atom stereocenters. The maximum atomic E-state index is 12.4. The van der Waals surface area contributed by atoms with Crippen LogP contribution in [-0.2, 0) is 0 Å². The largest absolute Gasteiger partial charge is 0.467 e. The summed E-state index contributed by atoms with van der Waals surface area (Å²) in [6, 6.07) is 3.23. The van der Waals surface area contributed by atoms with E-state index in [1.807, 2.05) is 6.92 Å². The number of furan rings is 1. The van der Waals surface area contributed by atoms with E-state index in [2.05, 4.69) is 15.6 Å². The minimum atomic E-state index is -4.18. The second kappa shape index (κ2) is 10.2. The van der Waals surface area contributed by atoms with Crippen molar-refractivity contribution in [1.82, 2.24) is 15.5 Å². The van der Waals surface area contributed by atoms with Crippen LogP contribution in [0, 0.1) is 0 Å². The molecule has 144 valence electrons. The van der Waals surface area contributed by atoms with Crippen molar-refractivity contribution in [1.29, 1.82) is 0 Å². The Kier molecular flexibility index (Phi) is 9.00. The highest BCUT2D eigenvalue weighted by Gasteiger charge is 2.34. The average molecular weight is 476 g/mol. The summed E-state index contributed by atoms with van der Waals surface area (Å²) >= 11 is 0. The molecule has 1 saturated heterocycles. The second-order valence-corrected chi connectivity index (χ2v) is 5.73. The molecule has 1 aliphatic rings. The zero-order valence-corrected chi connectivity index (χ0v) is 16.3. The molecule has 0 radical (unpaired) electrons. The van der Waals surface area contributed by atoms with Gasteiger partial charge in [-0.3, -0.25) is 9.89 Å². The molecule has 0 aliphatic carbocycles. The van der Waals surface area contributed by atoms with Gasteiger partial charge in [0.05, 0.1) is 19.4 Å². The number of aliphatic imine (C=N–C) groups is 1. The number of halogens is 4. The van der Waals surface area contributed by atoms with Gasteiger partial charge in [-0.2, -0.15) is 13.2 Å². The second-order valence-electron chi connectivity index (χ2n) is 5.73.